The molecule has 88 valence electrons. The maximum Gasteiger partial charge on any atom is 0.127 e. The third-order valence-electron chi connectivity index (χ3n) is 3.05. The second-order valence-corrected chi connectivity index (χ2v) is 4.50. The molecule has 0 saturated heterocycles. The minimum atomic E-state index is 0.692. The van der Waals surface area contributed by atoms with E-state index in [1.807, 2.05) is 12.3 Å². The van der Waals surface area contributed by atoms with E-state index in [2.05, 4.69) is 35.5 Å². The number of pyridine rings is 1. The van der Waals surface area contributed by atoms with Crippen molar-refractivity contribution in [3.63, 3.8) is 0 Å². The quantitative estimate of drug-likeness (QED) is 0.772. The van der Waals surface area contributed by atoms with Gasteiger partial charge in [0.05, 0.1) is 0 Å². The Morgan fingerprint density at radius 3 is 3.06 bits per heavy atom. The number of nitrogens with one attached hydrogen (secondary N) is 2. The number of rotatable bonds is 6. The van der Waals surface area contributed by atoms with Gasteiger partial charge in [0, 0.05) is 30.5 Å². The Morgan fingerprint density at radius 2 is 2.31 bits per heavy atom. The van der Waals surface area contributed by atoms with Crippen LogP contribution < -0.4 is 10.6 Å². The summed E-state index contributed by atoms with van der Waals surface area (Å²) >= 11 is 0. The molecule has 2 unspecified atom stereocenters. The van der Waals surface area contributed by atoms with Crippen LogP contribution in [-0.4, -0.2) is 17.6 Å². The summed E-state index contributed by atoms with van der Waals surface area (Å²) < 4.78 is 0. The van der Waals surface area contributed by atoms with Crippen molar-refractivity contribution < 1.29 is 0 Å². The lowest BCUT2D eigenvalue weighted by molar-refractivity contribution is 0.693. The molecule has 2 rings (SSSR count). The number of anilines is 2. The topological polar surface area (TPSA) is 37.0 Å². The standard InChI is InChI=1S/C13H21N3/c1-3-5-10-8-12(10)16-11-6-7-15-13(9-11)14-4-2/h6-7,9-10,12H,3-5,8H2,1-2H3,(H2,14,15,16). The molecule has 3 nitrogen and oxygen atoms in total. The lowest BCUT2D eigenvalue weighted by Crippen LogP contribution is -2.06. The second-order valence-electron chi connectivity index (χ2n) is 4.50. The molecule has 0 amide bonds. The Hall–Kier alpha value is -1.25. The summed E-state index contributed by atoms with van der Waals surface area (Å²) in [5.74, 6) is 1.85. The van der Waals surface area contributed by atoms with Crippen molar-refractivity contribution in [2.75, 3.05) is 17.2 Å². The summed E-state index contributed by atoms with van der Waals surface area (Å²) in [6, 6.07) is 4.82. The largest absolute Gasteiger partial charge is 0.382 e. The fourth-order valence-electron chi connectivity index (χ4n) is 2.13. The van der Waals surface area contributed by atoms with Gasteiger partial charge in [0.25, 0.3) is 0 Å². The second kappa shape index (κ2) is 5.19. The van der Waals surface area contributed by atoms with Crippen LogP contribution in [0.1, 0.15) is 33.1 Å². The molecule has 2 N–H and O–H groups in total. The Morgan fingerprint density at radius 1 is 1.44 bits per heavy atom. The van der Waals surface area contributed by atoms with Crippen LogP contribution in [0.3, 0.4) is 0 Å². The summed E-state index contributed by atoms with van der Waals surface area (Å²) in [6.07, 6.45) is 5.83. The third kappa shape index (κ3) is 2.87. The molecular weight excluding hydrogens is 198 g/mol. The van der Waals surface area contributed by atoms with Crippen molar-refractivity contribution in [2.45, 2.75) is 39.2 Å². The lowest BCUT2D eigenvalue weighted by atomic mass is 10.2. The van der Waals surface area contributed by atoms with Crippen LogP contribution >= 0.6 is 0 Å². The summed E-state index contributed by atoms with van der Waals surface area (Å²) in [6.45, 7) is 5.25. The lowest BCUT2D eigenvalue weighted by Gasteiger charge is -2.08. The zero-order chi connectivity index (χ0) is 11.4. The van der Waals surface area contributed by atoms with E-state index < -0.39 is 0 Å². The van der Waals surface area contributed by atoms with Crippen LogP contribution in [0.4, 0.5) is 11.5 Å². The molecule has 0 spiro atoms. The Kier molecular flexibility index (Phi) is 3.65. The highest BCUT2D eigenvalue weighted by atomic mass is 15.0. The first-order valence-corrected chi connectivity index (χ1v) is 6.30. The smallest absolute Gasteiger partial charge is 0.127 e. The van der Waals surface area contributed by atoms with E-state index in [9.17, 15) is 0 Å². The summed E-state index contributed by atoms with van der Waals surface area (Å²) in [5.41, 5.74) is 1.19. The predicted molar refractivity (Wildman–Crippen MR) is 68.8 cm³/mol. The van der Waals surface area contributed by atoms with E-state index in [-0.39, 0.29) is 0 Å². The molecule has 3 heteroatoms. The van der Waals surface area contributed by atoms with E-state index >= 15 is 0 Å². The maximum absolute atomic E-state index is 4.26. The van der Waals surface area contributed by atoms with Crippen molar-refractivity contribution >= 4 is 11.5 Å². The molecule has 1 aliphatic carbocycles. The van der Waals surface area contributed by atoms with Crippen molar-refractivity contribution in [3.8, 4) is 0 Å². The van der Waals surface area contributed by atoms with Gasteiger partial charge in [0.15, 0.2) is 0 Å². The van der Waals surface area contributed by atoms with E-state index in [1.165, 1.54) is 24.9 Å². The van der Waals surface area contributed by atoms with Crippen LogP contribution in [0.25, 0.3) is 0 Å². The summed E-state index contributed by atoms with van der Waals surface area (Å²) in [7, 11) is 0. The molecule has 1 aromatic rings. The summed E-state index contributed by atoms with van der Waals surface area (Å²) in [4.78, 5) is 4.26. The molecule has 0 radical (unpaired) electrons. The van der Waals surface area contributed by atoms with Crippen LogP contribution in [0.2, 0.25) is 0 Å². The monoisotopic (exact) mass is 219 g/mol. The number of nitrogens with zero attached hydrogens (tertiary/aromatic N) is 1. The van der Waals surface area contributed by atoms with Crippen LogP contribution in [-0.2, 0) is 0 Å². The van der Waals surface area contributed by atoms with Crippen molar-refractivity contribution in [2.24, 2.45) is 5.92 Å². The third-order valence-corrected chi connectivity index (χ3v) is 3.05. The van der Waals surface area contributed by atoms with Crippen LogP contribution in [0.15, 0.2) is 18.3 Å². The first kappa shape index (κ1) is 11.2. The van der Waals surface area contributed by atoms with Gasteiger partial charge < -0.3 is 10.6 Å². The Labute approximate surface area is 97.7 Å². The van der Waals surface area contributed by atoms with Gasteiger partial charge in [0.2, 0.25) is 0 Å². The first-order chi connectivity index (χ1) is 7.83. The fourth-order valence-corrected chi connectivity index (χ4v) is 2.13. The molecule has 2 atom stereocenters. The fraction of sp³-hybridized carbons (Fsp3) is 0.615. The van der Waals surface area contributed by atoms with Gasteiger partial charge >= 0.3 is 0 Å². The highest BCUT2D eigenvalue weighted by Gasteiger charge is 2.35. The first-order valence-electron chi connectivity index (χ1n) is 6.30. The van der Waals surface area contributed by atoms with Crippen LogP contribution in [0.5, 0.6) is 0 Å². The molecule has 1 aliphatic rings. The highest BCUT2D eigenvalue weighted by molar-refractivity contribution is 5.53. The molecule has 0 aromatic carbocycles. The van der Waals surface area contributed by atoms with Crippen molar-refractivity contribution in [3.05, 3.63) is 18.3 Å². The maximum atomic E-state index is 4.26. The normalized spacial score (nSPS) is 22.9. The van der Waals surface area contributed by atoms with Gasteiger partial charge in [-0.3, -0.25) is 0 Å². The van der Waals surface area contributed by atoms with Gasteiger partial charge in [-0.05, 0) is 31.7 Å². The Balaban J connectivity index is 1.87. The molecule has 0 aliphatic heterocycles. The van der Waals surface area contributed by atoms with Gasteiger partial charge in [-0.2, -0.15) is 0 Å². The van der Waals surface area contributed by atoms with Crippen molar-refractivity contribution in [1.29, 1.82) is 0 Å². The molecule has 1 aromatic heterocycles. The molecule has 16 heavy (non-hydrogen) atoms. The SMILES string of the molecule is CCCC1CC1Nc1ccnc(NCC)c1. The summed E-state index contributed by atoms with van der Waals surface area (Å²) in [5, 5.41) is 6.80. The molecular formula is C13H21N3. The number of aromatic nitrogens is 1. The zero-order valence-electron chi connectivity index (χ0n) is 10.2. The molecule has 1 heterocycles. The zero-order valence-corrected chi connectivity index (χ0v) is 10.2. The average molecular weight is 219 g/mol. The van der Waals surface area contributed by atoms with Gasteiger partial charge in [-0.25, -0.2) is 4.98 Å². The average Bonchev–Trinajstić information content (AvgIpc) is 2.98. The molecule has 0 bridgehead atoms. The van der Waals surface area contributed by atoms with Gasteiger partial charge in [-0.1, -0.05) is 13.3 Å². The van der Waals surface area contributed by atoms with E-state index in [4.69, 9.17) is 0 Å². The van der Waals surface area contributed by atoms with Gasteiger partial charge in [-0.15, -0.1) is 0 Å². The Bertz CT molecular complexity index is 338. The van der Waals surface area contributed by atoms with E-state index in [0.717, 1.165) is 18.3 Å². The number of hydrogen-bond acceptors (Lipinski definition) is 3. The predicted octanol–water partition coefficient (Wildman–Crippen LogP) is 3.11. The molecule has 1 fully saturated rings. The van der Waals surface area contributed by atoms with Crippen LogP contribution in [0, 0.1) is 5.92 Å². The minimum Gasteiger partial charge on any atom is -0.382 e. The van der Waals surface area contributed by atoms with Gasteiger partial charge in [0.1, 0.15) is 5.82 Å². The van der Waals surface area contributed by atoms with Crippen molar-refractivity contribution in [1.82, 2.24) is 4.98 Å². The molecule has 1 saturated carbocycles. The number of hydrogen-bond donors (Lipinski definition) is 2. The van der Waals surface area contributed by atoms with E-state index in [1.54, 1.807) is 0 Å². The minimum absolute atomic E-state index is 0.692. The van der Waals surface area contributed by atoms with E-state index in [0.29, 0.717) is 6.04 Å². The highest BCUT2D eigenvalue weighted by Crippen LogP contribution is 2.37.